The summed E-state index contributed by atoms with van der Waals surface area (Å²) in [6, 6.07) is 6.19. The van der Waals surface area contributed by atoms with Crippen molar-refractivity contribution in [3.05, 3.63) is 29.6 Å². The third kappa shape index (κ3) is 2.54. The van der Waals surface area contributed by atoms with Crippen LogP contribution in [0.3, 0.4) is 0 Å². The fraction of sp³-hybridized carbons (Fsp3) is 0.467. The number of rotatable bonds is 5. The predicted molar refractivity (Wildman–Crippen MR) is 78.2 cm³/mol. The average molecular weight is 272 g/mol. The number of carbonyl (C=O) groups excluding carboxylic acids is 1. The summed E-state index contributed by atoms with van der Waals surface area (Å²) in [5, 5.41) is 2.87. The Hall–Kier alpha value is -1.88. The number of fused-ring (bicyclic) bond motifs is 1. The van der Waals surface area contributed by atoms with Crippen LogP contribution in [0.1, 0.15) is 36.6 Å². The van der Waals surface area contributed by atoms with E-state index < -0.39 is 0 Å². The molecule has 3 rings (SSSR count). The van der Waals surface area contributed by atoms with Crippen LogP contribution in [-0.4, -0.2) is 22.0 Å². The number of carbonyl (C=O) groups is 1. The molecule has 5 nitrogen and oxygen atoms in total. The lowest BCUT2D eigenvalue weighted by Crippen LogP contribution is -2.24. The molecular formula is C15H20N4O. The number of aromatic nitrogens is 2. The van der Waals surface area contributed by atoms with Crippen molar-refractivity contribution in [3.63, 3.8) is 0 Å². The quantitative estimate of drug-likeness (QED) is 0.864. The van der Waals surface area contributed by atoms with Crippen LogP contribution in [-0.2, 0) is 18.4 Å². The summed E-state index contributed by atoms with van der Waals surface area (Å²) in [5.74, 6) is 1.82. The Balaban J connectivity index is 1.78. The van der Waals surface area contributed by atoms with Crippen molar-refractivity contribution < 1.29 is 4.79 Å². The summed E-state index contributed by atoms with van der Waals surface area (Å²) in [4.78, 5) is 16.2. The second-order valence-corrected chi connectivity index (χ2v) is 5.44. The van der Waals surface area contributed by atoms with E-state index in [-0.39, 0.29) is 5.91 Å². The third-order valence-corrected chi connectivity index (χ3v) is 3.78. The fourth-order valence-corrected chi connectivity index (χ4v) is 2.50. The van der Waals surface area contributed by atoms with Gasteiger partial charge < -0.3 is 15.6 Å². The van der Waals surface area contributed by atoms with Gasteiger partial charge in [-0.25, -0.2) is 4.98 Å². The molecule has 0 spiro atoms. The van der Waals surface area contributed by atoms with Crippen LogP contribution in [0.25, 0.3) is 11.0 Å². The molecule has 1 aromatic heterocycles. The van der Waals surface area contributed by atoms with Gasteiger partial charge in [0.25, 0.3) is 0 Å². The van der Waals surface area contributed by atoms with Gasteiger partial charge in [0, 0.05) is 32.5 Å². The largest absolute Gasteiger partial charge is 0.352 e. The Bertz CT molecular complexity index is 643. The van der Waals surface area contributed by atoms with Gasteiger partial charge in [0.2, 0.25) is 5.91 Å². The molecule has 0 radical (unpaired) electrons. The van der Waals surface area contributed by atoms with Crippen molar-refractivity contribution >= 4 is 16.9 Å². The Morgan fingerprint density at radius 2 is 2.30 bits per heavy atom. The van der Waals surface area contributed by atoms with Crippen molar-refractivity contribution in [1.29, 1.82) is 0 Å². The molecule has 5 heteroatoms. The van der Waals surface area contributed by atoms with Crippen molar-refractivity contribution in [2.45, 2.75) is 31.7 Å². The summed E-state index contributed by atoms with van der Waals surface area (Å²) in [5.41, 5.74) is 8.60. The fourth-order valence-electron chi connectivity index (χ4n) is 2.50. The molecule has 0 unspecified atom stereocenters. The van der Waals surface area contributed by atoms with Crippen LogP contribution < -0.4 is 11.1 Å². The minimum Gasteiger partial charge on any atom is -0.352 e. The number of aryl methyl sites for hydroxylation is 1. The van der Waals surface area contributed by atoms with Gasteiger partial charge in [0.1, 0.15) is 5.82 Å². The molecule has 0 bridgehead atoms. The van der Waals surface area contributed by atoms with E-state index in [2.05, 4.69) is 29.1 Å². The highest BCUT2D eigenvalue weighted by Crippen LogP contribution is 2.40. The summed E-state index contributed by atoms with van der Waals surface area (Å²) >= 11 is 0. The molecule has 2 aromatic rings. The van der Waals surface area contributed by atoms with Crippen molar-refractivity contribution in [2.75, 3.05) is 6.54 Å². The Morgan fingerprint density at radius 3 is 3.00 bits per heavy atom. The second kappa shape index (κ2) is 5.25. The zero-order chi connectivity index (χ0) is 14.1. The van der Waals surface area contributed by atoms with Gasteiger partial charge in [0.15, 0.2) is 0 Å². The lowest BCUT2D eigenvalue weighted by atomic mass is 10.2. The number of imidazole rings is 1. The molecule has 20 heavy (non-hydrogen) atoms. The Labute approximate surface area is 118 Å². The van der Waals surface area contributed by atoms with Crippen LogP contribution in [0.2, 0.25) is 0 Å². The maximum Gasteiger partial charge on any atom is 0.221 e. The standard InChI is InChI=1S/C15H20N4O/c1-19-13-5-2-10(9-17-14(20)6-7-16)8-12(13)18-15(19)11-3-4-11/h2,5,8,11H,3-4,6-7,9,16H2,1H3,(H,17,20). The predicted octanol–water partition coefficient (Wildman–Crippen LogP) is 1.42. The van der Waals surface area contributed by atoms with Crippen molar-refractivity contribution in [3.8, 4) is 0 Å². The maximum absolute atomic E-state index is 11.4. The molecule has 1 aromatic carbocycles. The van der Waals surface area contributed by atoms with E-state index in [4.69, 9.17) is 10.7 Å². The van der Waals surface area contributed by atoms with Crippen LogP contribution in [0, 0.1) is 0 Å². The van der Waals surface area contributed by atoms with Crippen LogP contribution in [0.4, 0.5) is 0 Å². The van der Waals surface area contributed by atoms with E-state index in [1.807, 2.05) is 6.07 Å². The molecule has 1 amide bonds. The number of nitrogens with one attached hydrogen (secondary N) is 1. The third-order valence-electron chi connectivity index (χ3n) is 3.78. The monoisotopic (exact) mass is 272 g/mol. The lowest BCUT2D eigenvalue weighted by Gasteiger charge is -2.04. The second-order valence-electron chi connectivity index (χ2n) is 5.44. The van der Waals surface area contributed by atoms with E-state index in [9.17, 15) is 4.79 Å². The molecule has 1 saturated carbocycles. The lowest BCUT2D eigenvalue weighted by molar-refractivity contribution is -0.121. The number of hydrogen-bond donors (Lipinski definition) is 2. The van der Waals surface area contributed by atoms with E-state index >= 15 is 0 Å². The molecule has 3 N–H and O–H groups in total. The highest BCUT2D eigenvalue weighted by atomic mass is 16.1. The summed E-state index contributed by atoms with van der Waals surface area (Å²) in [6.07, 6.45) is 2.87. The summed E-state index contributed by atoms with van der Waals surface area (Å²) in [7, 11) is 2.08. The molecule has 0 aliphatic heterocycles. The minimum atomic E-state index is -0.00714. The normalized spacial score (nSPS) is 14.7. The van der Waals surface area contributed by atoms with E-state index in [1.54, 1.807) is 0 Å². The molecular weight excluding hydrogens is 252 g/mol. The SMILES string of the molecule is Cn1c(C2CC2)nc2cc(CNC(=O)CCN)ccc21. The molecule has 1 fully saturated rings. The molecule has 1 aliphatic carbocycles. The molecule has 1 heterocycles. The first kappa shape index (κ1) is 13.1. The number of nitrogens with zero attached hydrogens (tertiary/aromatic N) is 2. The van der Waals surface area contributed by atoms with Crippen LogP contribution >= 0.6 is 0 Å². The van der Waals surface area contributed by atoms with Gasteiger partial charge in [0.05, 0.1) is 11.0 Å². The van der Waals surface area contributed by atoms with Gasteiger partial charge in [-0.2, -0.15) is 0 Å². The zero-order valence-electron chi connectivity index (χ0n) is 11.7. The first-order chi connectivity index (χ1) is 9.69. The smallest absolute Gasteiger partial charge is 0.221 e. The van der Waals surface area contributed by atoms with Crippen molar-refractivity contribution in [1.82, 2.24) is 14.9 Å². The zero-order valence-corrected chi connectivity index (χ0v) is 11.7. The van der Waals surface area contributed by atoms with Gasteiger partial charge in [-0.3, -0.25) is 4.79 Å². The first-order valence-electron chi connectivity index (χ1n) is 7.11. The number of hydrogen-bond acceptors (Lipinski definition) is 3. The Morgan fingerprint density at radius 1 is 1.50 bits per heavy atom. The highest BCUT2D eigenvalue weighted by molar-refractivity contribution is 5.78. The average Bonchev–Trinajstić information content (AvgIpc) is 3.22. The van der Waals surface area contributed by atoms with E-state index in [0.29, 0.717) is 25.4 Å². The van der Waals surface area contributed by atoms with Gasteiger partial charge in [-0.05, 0) is 30.5 Å². The topological polar surface area (TPSA) is 72.9 Å². The summed E-state index contributed by atoms with van der Waals surface area (Å²) < 4.78 is 2.18. The minimum absolute atomic E-state index is 0.00714. The molecule has 106 valence electrons. The van der Waals surface area contributed by atoms with Gasteiger partial charge >= 0.3 is 0 Å². The number of amides is 1. The first-order valence-corrected chi connectivity index (χ1v) is 7.11. The maximum atomic E-state index is 11.4. The van der Waals surface area contributed by atoms with Crippen molar-refractivity contribution in [2.24, 2.45) is 12.8 Å². The summed E-state index contributed by atoms with van der Waals surface area (Å²) in [6.45, 7) is 0.917. The van der Waals surface area contributed by atoms with Crippen LogP contribution in [0.5, 0.6) is 0 Å². The number of nitrogens with two attached hydrogens (primary N) is 1. The van der Waals surface area contributed by atoms with Gasteiger partial charge in [-0.15, -0.1) is 0 Å². The van der Waals surface area contributed by atoms with Crippen LogP contribution in [0.15, 0.2) is 18.2 Å². The molecule has 1 aliphatic rings. The Kier molecular flexibility index (Phi) is 3.44. The molecule has 0 saturated heterocycles. The molecule has 0 atom stereocenters. The van der Waals surface area contributed by atoms with E-state index in [1.165, 1.54) is 18.7 Å². The number of benzene rings is 1. The van der Waals surface area contributed by atoms with Gasteiger partial charge in [-0.1, -0.05) is 6.07 Å². The van der Waals surface area contributed by atoms with E-state index in [0.717, 1.165) is 16.6 Å². The highest BCUT2D eigenvalue weighted by Gasteiger charge is 2.28.